The van der Waals surface area contributed by atoms with Gasteiger partial charge in [0.2, 0.25) is 6.71 Å². The van der Waals surface area contributed by atoms with Gasteiger partial charge in [-0.15, -0.1) is 76.9 Å². The van der Waals surface area contributed by atoms with Crippen LogP contribution in [0, 0.1) is 12.1 Å². The molecule has 2 aliphatic rings. The molecule has 1 radical (unpaired) electrons. The summed E-state index contributed by atoms with van der Waals surface area (Å²) in [7, 11) is 0. The Labute approximate surface area is 257 Å². The van der Waals surface area contributed by atoms with Gasteiger partial charge in [-0.3, -0.25) is 0 Å². The third kappa shape index (κ3) is 5.21. The molecule has 2 aliphatic heterocycles. The second-order valence-corrected chi connectivity index (χ2v) is 11.4. The van der Waals surface area contributed by atoms with E-state index < -0.39 is 0 Å². The maximum atomic E-state index is 4.53. The van der Waals surface area contributed by atoms with Gasteiger partial charge >= 0.3 is 0 Å². The number of fused-ring (bicyclic) bond motifs is 4. The summed E-state index contributed by atoms with van der Waals surface area (Å²) in [5.74, 6) is 0. The summed E-state index contributed by atoms with van der Waals surface area (Å²) in [5, 5.41) is 0. The van der Waals surface area contributed by atoms with E-state index in [1.807, 2.05) is 84.3 Å². The Morgan fingerprint density at radius 1 is 0.550 bits per heavy atom. The fraction of sp³-hybridized carbons (Fsp3) is 0. The van der Waals surface area contributed by atoms with Gasteiger partial charge in [-0.25, -0.2) is 0 Å². The number of hydrogen-bond acceptors (Lipinski definition) is 4. The van der Waals surface area contributed by atoms with Crippen molar-refractivity contribution in [3.63, 3.8) is 0 Å². The van der Waals surface area contributed by atoms with E-state index in [4.69, 9.17) is 0 Å². The predicted octanol–water partition coefficient (Wildman–Crippen LogP) is 6.54. The molecule has 0 spiro atoms. The minimum absolute atomic E-state index is 0. The van der Waals surface area contributed by atoms with Crippen molar-refractivity contribution in [2.24, 2.45) is 0 Å². The molecule has 6 aromatic rings. The van der Waals surface area contributed by atoms with Gasteiger partial charge in [0.25, 0.3) is 0 Å². The summed E-state index contributed by atoms with van der Waals surface area (Å²) in [6.45, 7) is 0.280. The first-order chi connectivity index (χ1) is 19.3. The van der Waals surface area contributed by atoms with Crippen LogP contribution in [0.25, 0.3) is 22.5 Å². The third-order valence-electron chi connectivity index (χ3n) is 6.83. The molecular formula is C34H21BIrN2S2-2. The minimum atomic E-state index is 0. The van der Waals surface area contributed by atoms with Crippen molar-refractivity contribution < 1.29 is 20.1 Å². The SMILES string of the molecule is [Ir].[c-]1cc2c(cc1-c1ccccn1)B1c3ccccc3Sc3cccc(c31)S2.[c-]1ccccc1-c1ccccn1. The zero-order chi connectivity index (χ0) is 26.0. The maximum Gasteiger partial charge on any atom is 0.228 e. The monoisotopic (exact) mass is 725 g/mol. The van der Waals surface area contributed by atoms with Crippen molar-refractivity contribution >= 4 is 46.6 Å². The van der Waals surface area contributed by atoms with E-state index in [0.29, 0.717) is 0 Å². The number of nitrogens with zero attached hydrogens (tertiary/aromatic N) is 2. The molecule has 0 saturated heterocycles. The van der Waals surface area contributed by atoms with Gasteiger partial charge in [0.15, 0.2) is 0 Å². The quantitative estimate of drug-likeness (QED) is 0.150. The average molecular weight is 725 g/mol. The van der Waals surface area contributed by atoms with Crippen LogP contribution in [0.4, 0.5) is 0 Å². The zero-order valence-corrected chi connectivity index (χ0v) is 25.3. The fourth-order valence-electron chi connectivity index (χ4n) is 5.07. The van der Waals surface area contributed by atoms with E-state index in [1.54, 1.807) is 6.20 Å². The summed E-state index contributed by atoms with van der Waals surface area (Å²) in [5.41, 5.74) is 8.27. The molecule has 2 aromatic heterocycles. The van der Waals surface area contributed by atoms with E-state index in [-0.39, 0.29) is 26.8 Å². The minimum Gasteiger partial charge on any atom is -0.305 e. The largest absolute Gasteiger partial charge is 0.305 e. The summed E-state index contributed by atoms with van der Waals surface area (Å²) in [6.07, 6.45) is 3.63. The molecule has 40 heavy (non-hydrogen) atoms. The Bertz CT molecular complexity index is 1710. The first kappa shape index (κ1) is 26.8. The normalized spacial score (nSPS) is 12.1. The van der Waals surface area contributed by atoms with E-state index >= 15 is 0 Å². The topological polar surface area (TPSA) is 25.8 Å². The van der Waals surface area contributed by atoms with Crippen molar-refractivity contribution in [3.05, 3.63) is 140 Å². The van der Waals surface area contributed by atoms with Crippen molar-refractivity contribution in [2.75, 3.05) is 0 Å². The standard InChI is InChI=1S/C23H13BNS2.C11H8N.Ir/c1-2-8-19-16(6-1)24-17-14-15(18-7-3-4-13-25-18)11-12-20(17)27-22-10-5-9-21(26-19)23(22)24;1-2-6-10(7-3-1)11-8-4-5-9-12-11;/h1-10,12-14H;1-6,8-9H;/q2*-1;. The van der Waals surface area contributed by atoms with Crippen LogP contribution in [-0.4, -0.2) is 16.7 Å². The average Bonchev–Trinajstić information content (AvgIpc) is 3.02. The number of aromatic nitrogens is 2. The van der Waals surface area contributed by atoms with Gasteiger partial charge in [-0.2, -0.15) is 0 Å². The van der Waals surface area contributed by atoms with Crippen LogP contribution < -0.4 is 16.4 Å². The first-order valence-electron chi connectivity index (χ1n) is 12.8. The van der Waals surface area contributed by atoms with Gasteiger partial charge in [-0.05, 0) is 52.1 Å². The van der Waals surface area contributed by atoms with Crippen LogP contribution in [0.3, 0.4) is 0 Å². The molecule has 0 unspecified atom stereocenters. The van der Waals surface area contributed by atoms with Crippen LogP contribution in [0.15, 0.2) is 147 Å². The Morgan fingerprint density at radius 3 is 1.90 bits per heavy atom. The van der Waals surface area contributed by atoms with E-state index in [1.165, 1.54) is 36.0 Å². The fourth-order valence-corrected chi connectivity index (χ4v) is 7.44. The molecule has 0 fully saturated rings. The number of hydrogen-bond donors (Lipinski definition) is 0. The molecular weight excluding hydrogens is 704 g/mol. The molecule has 2 nitrogen and oxygen atoms in total. The second-order valence-electron chi connectivity index (χ2n) is 9.22. The van der Waals surface area contributed by atoms with Crippen LogP contribution in [-0.2, 0) is 20.1 Å². The van der Waals surface area contributed by atoms with Crippen LogP contribution in [0.2, 0.25) is 0 Å². The van der Waals surface area contributed by atoms with E-state index in [0.717, 1.165) is 22.5 Å². The summed E-state index contributed by atoms with van der Waals surface area (Å²) in [4.78, 5) is 14.1. The van der Waals surface area contributed by atoms with Gasteiger partial charge < -0.3 is 9.97 Å². The summed E-state index contributed by atoms with van der Waals surface area (Å²) >= 11 is 3.75. The zero-order valence-electron chi connectivity index (χ0n) is 21.2. The third-order valence-corrected chi connectivity index (χ3v) is 9.15. The molecule has 0 amide bonds. The maximum absolute atomic E-state index is 4.53. The van der Waals surface area contributed by atoms with E-state index in [9.17, 15) is 0 Å². The second kappa shape index (κ2) is 12.0. The van der Waals surface area contributed by atoms with Crippen molar-refractivity contribution in [1.29, 1.82) is 0 Å². The smallest absolute Gasteiger partial charge is 0.228 e. The van der Waals surface area contributed by atoms with Crippen LogP contribution in [0.5, 0.6) is 0 Å². The molecule has 0 aliphatic carbocycles. The molecule has 4 heterocycles. The van der Waals surface area contributed by atoms with E-state index in [2.05, 4.69) is 82.8 Å². The number of pyridine rings is 2. The number of benzene rings is 4. The van der Waals surface area contributed by atoms with Gasteiger partial charge in [0, 0.05) is 42.3 Å². The van der Waals surface area contributed by atoms with Crippen LogP contribution >= 0.6 is 23.5 Å². The van der Waals surface area contributed by atoms with Crippen molar-refractivity contribution in [1.82, 2.24) is 9.97 Å². The molecule has 0 atom stereocenters. The molecule has 0 N–H and O–H groups in total. The molecule has 8 rings (SSSR count). The van der Waals surface area contributed by atoms with Crippen LogP contribution in [0.1, 0.15) is 0 Å². The molecule has 193 valence electrons. The van der Waals surface area contributed by atoms with Crippen molar-refractivity contribution in [3.8, 4) is 22.5 Å². The Kier molecular flexibility index (Phi) is 8.04. The van der Waals surface area contributed by atoms with Gasteiger partial charge in [-0.1, -0.05) is 70.7 Å². The van der Waals surface area contributed by atoms with Crippen molar-refractivity contribution in [2.45, 2.75) is 19.6 Å². The summed E-state index contributed by atoms with van der Waals surface area (Å²) < 4.78 is 0. The molecule has 0 saturated carbocycles. The first-order valence-corrected chi connectivity index (χ1v) is 14.4. The van der Waals surface area contributed by atoms with Gasteiger partial charge in [0.1, 0.15) is 0 Å². The Hall–Kier alpha value is -3.41. The Morgan fingerprint density at radius 2 is 1.20 bits per heavy atom. The predicted molar refractivity (Wildman–Crippen MR) is 163 cm³/mol. The number of rotatable bonds is 2. The van der Waals surface area contributed by atoms with Gasteiger partial charge in [0.05, 0.1) is 0 Å². The molecule has 4 aromatic carbocycles. The Balaban J connectivity index is 0.000000188. The summed E-state index contributed by atoms with van der Waals surface area (Å²) in [6, 6.07) is 46.2. The molecule has 6 heteroatoms. The molecule has 0 bridgehead atoms.